The lowest BCUT2D eigenvalue weighted by molar-refractivity contribution is 0.461. The van der Waals surface area contributed by atoms with E-state index in [2.05, 4.69) is 50.1 Å². The summed E-state index contributed by atoms with van der Waals surface area (Å²) in [4.78, 5) is 12.0. The Morgan fingerprint density at radius 1 is 1.43 bits per heavy atom. The number of rotatable bonds is 4. The van der Waals surface area contributed by atoms with E-state index in [1.807, 2.05) is 29.2 Å². The topological polar surface area (TPSA) is 49.9 Å². The van der Waals surface area contributed by atoms with Crippen molar-refractivity contribution in [2.45, 2.75) is 13.1 Å². The molecule has 0 atom stereocenters. The molecule has 0 spiro atoms. The molecule has 0 aliphatic rings. The standard InChI is InChI=1S/C15H20N6S.HI/c1-16-14(20(3)11-13-5-4-6-19(13)2)17-9-12-10-21-7-8-22-15(21)18-12;/h4-8,10H,9,11H2,1-3H3,(H,16,17);1H. The zero-order chi connectivity index (χ0) is 15.5. The lowest BCUT2D eigenvalue weighted by Gasteiger charge is -2.22. The molecule has 3 heterocycles. The fourth-order valence-electron chi connectivity index (χ4n) is 2.39. The Labute approximate surface area is 156 Å². The van der Waals surface area contributed by atoms with Crippen molar-refractivity contribution in [2.24, 2.45) is 12.0 Å². The third-order valence-corrected chi connectivity index (χ3v) is 4.37. The fraction of sp³-hybridized carbons (Fsp3) is 0.333. The first-order chi connectivity index (χ1) is 10.7. The van der Waals surface area contributed by atoms with Crippen molar-refractivity contribution in [3.05, 3.63) is 47.5 Å². The molecule has 6 nitrogen and oxygen atoms in total. The molecule has 0 aliphatic heterocycles. The number of nitrogens with zero attached hydrogens (tertiary/aromatic N) is 5. The summed E-state index contributed by atoms with van der Waals surface area (Å²) in [6, 6.07) is 4.17. The van der Waals surface area contributed by atoms with Crippen LogP contribution in [0.25, 0.3) is 4.96 Å². The number of aliphatic imine (C=N–C) groups is 1. The predicted octanol–water partition coefficient (Wildman–Crippen LogP) is 2.56. The third-order valence-electron chi connectivity index (χ3n) is 3.59. The molecule has 3 aromatic heterocycles. The summed E-state index contributed by atoms with van der Waals surface area (Å²) < 4.78 is 4.16. The van der Waals surface area contributed by atoms with Crippen LogP contribution in [0.3, 0.4) is 0 Å². The molecule has 0 aromatic carbocycles. The molecule has 23 heavy (non-hydrogen) atoms. The van der Waals surface area contributed by atoms with Crippen molar-refractivity contribution in [3.63, 3.8) is 0 Å². The third kappa shape index (κ3) is 4.05. The number of thiazole rings is 1. The highest BCUT2D eigenvalue weighted by Crippen LogP contribution is 2.11. The van der Waals surface area contributed by atoms with Crippen molar-refractivity contribution in [3.8, 4) is 0 Å². The van der Waals surface area contributed by atoms with Crippen LogP contribution in [0.5, 0.6) is 0 Å². The van der Waals surface area contributed by atoms with Gasteiger partial charge in [0.15, 0.2) is 10.9 Å². The number of guanidine groups is 1. The minimum Gasteiger partial charge on any atom is -0.353 e. The molecule has 0 saturated carbocycles. The van der Waals surface area contributed by atoms with E-state index < -0.39 is 0 Å². The molecule has 0 bridgehead atoms. The van der Waals surface area contributed by atoms with Crippen molar-refractivity contribution in [1.29, 1.82) is 0 Å². The zero-order valence-electron chi connectivity index (χ0n) is 13.4. The van der Waals surface area contributed by atoms with E-state index in [9.17, 15) is 0 Å². The van der Waals surface area contributed by atoms with E-state index in [1.54, 1.807) is 18.4 Å². The highest BCUT2D eigenvalue weighted by molar-refractivity contribution is 14.0. The smallest absolute Gasteiger partial charge is 0.194 e. The van der Waals surface area contributed by atoms with E-state index in [0.29, 0.717) is 6.54 Å². The summed E-state index contributed by atoms with van der Waals surface area (Å²) in [7, 11) is 5.89. The molecule has 0 unspecified atom stereocenters. The van der Waals surface area contributed by atoms with Crippen molar-refractivity contribution in [1.82, 2.24) is 24.2 Å². The normalized spacial score (nSPS) is 11.5. The summed E-state index contributed by atoms with van der Waals surface area (Å²) >= 11 is 1.64. The van der Waals surface area contributed by atoms with Crippen LogP contribution in [0, 0.1) is 0 Å². The van der Waals surface area contributed by atoms with Gasteiger partial charge in [0.1, 0.15) is 0 Å². The predicted molar refractivity (Wildman–Crippen MR) is 106 cm³/mol. The maximum atomic E-state index is 4.57. The van der Waals surface area contributed by atoms with Gasteiger partial charge >= 0.3 is 0 Å². The molecule has 8 heteroatoms. The van der Waals surface area contributed by atoms with Crippen LogP contribution in [0.15, 0.2) is 41.1 Å². The molecule has 0 fully saturated rings. The number of hydrogen-bond acceptors (Lipinski definition) is 3. The molecule has 0 saturated heterocycles. The highest BCUT2D eigenvalue weighted by atomic mass is 127. The molecule has 1 N–H and O–H groups in total. The van der Waals surface area contributed by atoms with Crippen molar-refractivity contribution >= 4 is 46.2 Å². The number of halogens is 1. The summed E-state index contributed by atoms with van der Waals surface area (Å²) in [6.45, 7) is 1.47. The van der Waals surface area contributed by atoms with Gasteiger partial charge in [-0.2, -0.15) is 0 Å². The minimum absolute atomic E-state index is 0. The number of aryl methyl sites for hydroxylation is 1. The van der Waals surface area contributed by atoms with E-state index in [1.165, 1.54) is 5.69 Å². The maximum Gasteiger partial charge on any atom is 0.194 e. The second kappa shape index (κ2) is 7.82. The summed E-state index contributed by atoms with van der Waals surface area (Å²) in [5.41, 5.74) is 2.26. The second-order valence-corrected chi connectivity index (χ2v) is 6.07. The van der Waals surface area contributed by atoms with Gasteiger partial charge < -0.3 is 14.8 Å². The first-order valence-electron chi connectivity index (χ1n) is 7.10. The molecule has 0 aliphatic carbocycles. The molecule has 124 valence electrons. The quantitative estimate of drug-likeness (QED) is 0.383. The lowest BCUT2D eigenvalue weighted by Crippen LogP contribution is -2.38. The van der Waals surface area contributed by atoms with E-state index in [-0.39, 0.29) is 24.0 Å². The number of fused-ring (bicyclic) bond motifs is 1. The Hall–Kier alpha value is -1.55. The van der Waals surface area contributed by atoms with Gasteiger partial charge in [-0.1, -0.05) is 0 Å². The van der Waals surface area contributed by atoms with Crippen LogP contribution in [-0.2, 0) is 20.1 Å². The zero-order valence-corrected chi connectivity index (χ0v) is 16.6. The minimum atomic E-state index is 0. The summed E-state index contributed by atoms with van der Waals surface area (Å²) in [5, 5.41) is 5.40. The van der Waals surface area contributed by atoms with Crippen molar-refractivity contribution in [2.75, 3.05) is 14.1 Å². The Kier molecular flexibility index (Phi) is 6.05. The van der Waals surface area contributed by atoms with Gasteiger partial charge in [0.25, 0.3) is 0 Å². The first-order valence-corrected chi connectivity index (χ1v) is 7.98. The van der Waals surface area contributed by atoms with Crippen LogP contribution in [0.2, 0.25) is 0 Å². The second-order valence-electron chi connectivity index (χ2n) is 5.19. The van der Waals surface area contributed by atoms with Gasteiger partial charge in [0.2, 0.25) is 0 Å². The van der Waals surface area contributed by atoms with Gasteiger partial charge in [-0.25, -0.2) is 4.98 Å². The van der Waals surface area contributed by atoms with Crippen LogP contribution < -0.4 is 5.32 Å². The van der Waals surface area contributed by atoms with Crippen LogP contribution in [0.4, 0.5) is 0 Å². The van der Waals surface area contributed by atoms with Crippen molar-refractivity contribution < 1.29 is 0 Å². The van der Waals surface area contributed by atoms with Gasteiger partial charge in [0, 0.05) is 50.8 Å². The monoisotopic (exact) mass is 444 g/mol. The first kappa shape index (κ1) is 17.8. The summed E-state index contributed by atoms with van der Waals surface area (Å²) in [6.07, 6.45) is 6.12. The van der Waals surface area contributed by atoms with E-state index >= 15 is 0 Å². The number of nitrogens with one attached hydrogen (secondary N) is 1. The fourth-order valence-corrected chi connectivity index (χ4v) is 3.11. The number of aromatic nitrogens is 3. The van der Waals surface area contributed by atoms with Gasteiger partial charge in [0.05, 0.1) is 18.8 Å². The van der Waals surface area contributed by atoms with Crippen LogP contribution in [0.1, 0.15) is 11.4 Å². The average molecular weight is 444 g/mol. The average Bonchev–Trinajstić information content (AvgIpc) is 3.17. The molecular formula is C15H21IN6S. The van der Waals surface area contributed by atoms with E-state index in [0.717, 1.165) is 23.2 Å². The van der Waals surface area contributed by atoms with E-state index in [4.69, 9.17) is 0 Å². The SMILES string of the molecule is CN=C(NCc1cn2ccsc2n1)N(C)Cc1cccn1C.I. The van der Waals surface area contributed by atoms with Crippen LogP contribution in [-0.4, -0.2) is 38.9 Å². The van der Waals surface area contributed by atoms with Gasteiger partial charge in [-0.3, -0.25) is 9.39 Å². The molecule has 0 radical (unpaired) electrons. The maximum absolute atomic E-state index is 4.57. The number of imidazole rings is 1. The lowest BCUT2D eigenvalue weighted by atomic mass is 10.4. The van der Waals surface area contributed by atoms with Gasteiger partial charge in [-0.15, -0.1) is 35.3 Å². The Bertz CT molecular complexity index is 758. The Morgan fingerprint density at radius 3 is 2.91 bits per heavy atom. The molecule has 3 aromatic rings. The Morgan fingerprint density at radius 2 is 2.26 bits per heavy atom. The Balaban J connectivity index is 0.00000192. The molecule has 3 rings (SSSR count). The highest BCUT2D eigenvalue weighted by Gasteiger charge is 2.09. The molecule has 0 amide bonds. The van der Waals surface area contributed by atoms with Crippen LogP contribution >= 0.6 is 35.3 Å². The van der Waals surface area contributed by atoms with Gasteiger partial charge in [-0.05, 0) is 12.1 Å². The largest absolute Gasteiger partial charge is 0.353 e. The number of hydrogen-bond donors (Lipinski definition) is 1. The molecular weight excluding hydrogens is 423 g/mol. The summed E-state index contributed by atoms with van der Waals surface area (Å²) in [5.74, 6) is 0.859.